The summed E-state index contributed by atoms with van der Waals surface area (Å²) in [6.45, 7) is 6.50. The number of likely N-dealkylation sites (tertiary alicyclic amines) is 1. The summed E-state index contributed by atoms with van der Waals surface area (Å²) in [5.74, 6) is 0. The molecule has 1 fully saturated rings. The van der Waals surface area contributed by atoms with E-state index in [1.54, 1.807) is 7.11 Å². The zero-order valence-electron chi connectivity index (χ0n) is 8.29. The SMILES string of the molecule is COC1CCN(C(C)C)CC1N. The Labute approximate surface area is 74.9 Å². The van der Waals surface area contributed by atoms with Crippen LogP contribution < -0.4 is 5.73 Å². The Morgan fingerprint density at radius 1 is 1.50 bits per heavy atom. The molecule has 1 rings (SSSR count). The van der Waals surface area contributed by atoms with Crippen molar-refractivity contribution in [2.24, 2.45) is 5.73 Å². The predicted molar refractivity (Wildman–Crippen MR) is 50.1 cm³/mol. The number of nitrogens with two attached hydrogens (primary N) is 1. The predicted octanol–water partition coefficient (Wildman–Crippen LogP) is 0.443. The zero-order valence-corrected chi connectivity index (χ0v) is 8.29. The second-order valence-corrected chi connectivity index (χ2v) is 3.82. The molecule has 0 aromatic rings. The van der Waals surface area contributed by atoms with Crippen molar-refractivity contribution in [2.75, 3.05) is 20.2 Å². The molecule has 0 aromatic heterocycles. The summed E-state index contributed by atoms with van der Waals surface area (Å²) < 4.78 is 5.28. The molecule has 0 amide bonds. The molecule has 0 bridgehead atoms. The van der Waals surface area contributed by atoms with Gasteiger partial charge in [0.25, 0.3) is 0 Å². The van der Waals surface area contributed by atoms with Gasteiger partial charge in [-0.3, -0.25) is 4.90 Å². The van der Waals surface area contributed by atoms with Crippen molar-refractivity contribution in [1.29, 1.82) is 0 Å². The molecule has 12 heavy (non-hydrogen) atoms. The van der Waals surface area contributed by atoms with E-state index in [-0.39, 0.29) is 12.1 Å². The summed E-state index contributed by atoms with van der Waals surface area (Å²) in [4.78, 5) is 2.40. The van der Waals surface area contributed by atoms with Crippen molar-refractivity contribution in [2.45, 2.75) is 38.5 Å². The van der Waals surface area contributed by atoms with Crippen LogP contribution in [0, 0.1) is 0 Å². The Balaban J connectivity index is 2.40. The van der Waals surface area contributed by atoms with E-state index in [1.165, 1.54) is 0 Å². The summed E-state index contributed by atoms with van der Waals surface area (Å²) in [5.41, 5.74) is 5.95. The molecule has 1 saturated heterocycles. The highest BCUT2D eigenvalue weighted by molar-refractivity contribution is 4.84. The summed E-state index contributed by atoms with van der Waals surface area (Å²) in [6.07, 6.45) is 1.33. The van der Waals surface area contributed by atoms with Gasteiger partial charge in [-0.1, -0.05) is 0 Å². The van der Waals surface area contributed by atoms with Crippen LogP contribution in [0.2, 0.25) is 0 Å². The Morgan fingerprint density at radius 2 is 2.17 bits per heavy atom. The third-order valence-corrected chi connectivity index (χ3v) is 2.66. The van der Waals surface area contributed by atoms with E-state index in [2.05, 4.69) is 18.7 Å². The van der Waals surface area contributed by atoms with Gasteiger partial charge in [-0.25, -0.2) is 0 Å². The molecular weight excluding hydrogens is 152 g/mol. The average molecular weight is 172 g/mol. The molecule has 0 radical (unpaired) electrons. The number of nitrogens with zero attached hydrogens (tertiary/aromatic N) is 1. The molecule has 1 aliphatic heterocycles. The fourth-order valence-corrected chi connectivity index (χ4v) is 1.75. The lowest BCUT2D eigenvalue weighted by atomic mass is 10.0. The normalized spacial score (nSPS) is 32.8. The van der Waals surface area contributed by atoms with Crippen molar-refractivity contribution in [3.05, 3.63) is 0 Å². The van der Waals surface area contributed by atoms with Crippen LogP contribution in [0.3, 0.4) is 0 Å². The van der Waals surface area contributed by atoms with Crippen molar-refractivity contribution < 1.29 is 4.74 Å². The Kier molecular flexibility index (Phi) is 3.50. The lowest BCUT2D eigenvalue weighted by molar-refractivity contribution is 0.0159. The molecule has 3 nitrogen and oxygen atoms in total. The van der Waals surface area contributed by atoms with Gasteiger partial charge in [0.15, 0.2) is 0 Å². The summed E-state index contributed by atoms with van der Waals surface area (Å²) in [5, 5.41) is 0. The van der Waals surface area contributed by atoms with Crippen LogP contribution in [-0.4, -0.2) is 43.3 Å². The first kappa shape index (κ1) is 9.96. The standard InChI is InChI=1S/C9H20N2O/c1-7(2)11-5-4-9(12-3)8(10)6-11/h7-9H,4-6,10H2,1-3H3. The van der Waals surface area contributed by atoms with Crippen LogP contribution >= 0.6 is 0 Å². The monoisotopic (exact) mass is 172 g/mol. The van der Waals surface area contributed by atoms with Crippen molar-refractivity contribution >= 4 is 0 Å². The van der Waals surface area contributed by atoms with E-state index < -0.39 is 0 Å². The van der Waals surface area contributed by atoms with Gasteiger partial charge in [-0.15, -0.1) is 0 Å². The third kappa shape index (κ3) is 2.19. The van der Waals surface area contributed by atoms with E-state index in [1.807, 2.05) is 0 Å². The fraction of sp³-hybridized carbons (Fsp3) is 1.00. The first-order valence-corrected chi connectivity index (χ1v) is 4.67. The van der Waals surface area contributed by atoms with Gasteiger partial charge in [0.1, 0.15) is 0 Å². The molecular formula is C9H20N2O. The second-order valence-electron chi connectivity index (χ2n) is 3.82. The maximum absolute atomic E-state index is 5.95. The van der Waals surface area contributed by atoms with Crippen LogP contribution in [0.1, 0.15) is 20.3 Å². The van der Waals surface area contributed by atoms with Gasteiger partial charge >= 0.3 is 0 Å². The second kappa shape index (κ2) is 4.21. The van der Waals surface area contributed by atoms with Crippen LogP contribution in [-0.2, 0) is 4.74 Å². The van der Waals surface area contributed by atoms with Crippen molar-refractivity contribution in [3.8, 4) is 0 Å². The number of methoxy groups -OCH3 is 1. The van der Waals surface area contributed by atoms with Gasteiger partial charge in [-0.05, 0) is 20.3 Å². The van der Waals surface area contributed by atoms with E-state index in [0.29, 0.717) is 6.04 Å². The molecule has 1 aliphatic rings. The molecule has 2 atom stereocenters. The summed E-state index contributed by atoms with van der Waals surface area (Å²) in [6, 6.07) is 0.792. The first-order chi connectivity index (χ1) is 5.65. The lowest BCUT2D eigenvalue weighted by Gasteiger charge is -2.38. The van der Waals surface area contributed by atoms with Gasteiger partial charge in [-0.2, -0.15) is 0 Å². The van der Waals surface area contributed by atoms with Crippen molar-refractivity contribution in [1.82, 2.24) is 4.90 Å². The topological polar surface area (TPSA) is 38.5 Å². The van der Waals surface area contributed by atoms with Gasteiger partial charge in [0.05, 0.1) is 6.10 Å². The number of hydrogen-bond acceptors (Lipinski definition) is 3. The van der Waals surface area contributed by atoms with Gasteiger partial charge in [0, 0.05) is 32.3 Å². The van der Waals surface area contributed by atoms with Crippen molar-refractivity contribution in [3.63, 3.8) is 0 Å². The number of piperidine rings is 1. The highest BCUT2D eigenvalue weighted by atomic mass is 16.5. The van der Waals surface area contributed by atoms with Crippen LogP contribution in [0.15, 0.2) is 0 Å². The summed E-state index contributed by atoms with van der Waals surface area (Å²) >= 11 is 0. The maximum Gasteiger partial charge on any atom is 0.0746 e. The van der Waals surface area contributed by atoms with E-state index >= 15 is 0 Å². The Hall–Kier alpha value is -0.120. The Morgan fingerprint density at radius 3 is 2.58 bits per heavy atom. The molecule has 2 unspecified atom stereocenters. The van der Waals surface area contributed by atoms with Gasteiger partial charge in [0.2, 0.25) is 0 Å². The quantitative estimate of drug-likeness (QED) is 0.657. The first-order valence-electron chi connectivity index (χ1n) is 4.67. The molecule has 0 spiro atoms. The largest absolute Gasteiger partial charge is 0.380 e. The Bertz CT molecular complexity index is 138. The minimum Gasteiger partial charge on any atom is -0.380 e. The molecule has 2 N–H and O–H groups in total. The molecule has 3 heteroatoms. The maximum atomic E-state index is 5.95. The minimum atomic E-state index is 0.186. The molecule has 0 aliphatic carbocycles. The van der Waals surface area contributed by atoms with Gasteiger partial charge < -0.3 is 10.5 Å². The summed E-state index contributed by atoms with van der Waals surface area (Å²) in [7, 11) is 1.75. The number of ether oxygens (including phenoxy) is 1. The lowest BCUT2D eigenvalue weighted by Crippen LogP contribution is -2.53. The van der Waals surface area contributed by atoms with Crippen LogP contribution in [0.4, 0.5) is 0 Å². The smallest absolute Gasteiger partial charge is 0.0746 e. The van der Waals surface area contributed by atoms with E-state index in [4.69, 9.17) is 10.5 Å². The van der Waals surface area contributed by atoms with Crippen LogP contribution in [0.25, 0.3) is 0 Å². The average Bonchev–Trinajstić information content (AvgIpc) is 2.04. The zero-order chi connectivity index (χ0) is 9.14. The molecule has 1 heterocycles. The third-order valence-electron chi connectivity index (χ3n) is 2.66. The highest BCUT2D eigenvalue weighted by Gasteiger charge is 2.27. The number of rotatable bonds is 2. The molecule has 72 valence electrons. The van der Waals surface area contributed by atoms with E-state index in [9.17, 15) is 0 Å². The highest BCUT2D eigenvalue weighted by Crippen LogP contribution is 2.14. The fourth-order valence-electron chi connectivity index (χ4n) is 1.75. The van der Waals surface area contributed by atoms with Crippen LogP contribution in [0.5, 0.6) is 0 Å². The van der Waals surface area contributed by atoms with E-state index in [0.717, 1.165) is 19.5 Å². The molecule has 0 saturated carbocycles. The number of hydrogen-bond donors (Lipinski definition) is 1. The minimum absolute atomic E-state index is 0.186. The molecule has 0 aromatic carbocycles.